The Balaban J connectivity index is 1.87. The summed E-state index contributed by atoms with van der Waals surface area (Å²) in [5.74, 6) is -0.109. The van der Waals surface area contributed by atoms with Crippen LogP contribution in [0.2, 0.25) is 0 Å². The Labute approximate surface area is 150 Å². The minimum Gasteiger partial charge on any atom is -0.368 e. The molecular formula is C20H30N2O3. The molecule has 0 aromatic heterocycles. The van der Waals surface area contributed by atoms with Crippen LogP contribution in [-0.2, 0) is 19.7 Å². The van der Waals surface area contributed by atoms with Crippen molar-refractivity contribution >= 4 is 11.7 Å². The number of ether oxygens (including phenoxy) is 1. The molecule has 1 aromatic carbocycles. The summed E-state index contributed by atoms with van der Waals surface area (Å²) in [6, 6.07) is 9.69. The van der Waals surface area contributed by atoms with Crippen LogP contribution in [0.4, 0.5) is 0 Å². The number of ketones is 1. The van der Waals surface area contributed by atoms with Crippen molar-refractivity contribution in [1.82, 2.24) is 10.2 Å². The molecule has 0 bridgehead atoms. The lowest BCUT2D eigenvalue weighted by molar-refractivity contribution is -0.126. The summed E-state index contributed by atoms with van der Waals surface area (Å²) in [5, 5.41) is 2.89. The fraction of sp³-hybridized carbons (Fsp3) is 0.600. The van der Waals surface area contributed by atoms with Crippen molar-refractivity contribution in [2.45, 2.75) is 50.7 Å². The van der Waals surface area contributed by atoms with Gasteiger partial charge in [-0.15, -0.1) is 0 Å². The van der Waals surface area contributed by atoms with E-state index in [1.54, 1.807) is 0 Å². The predicted octanol–water partition coefficient (Wildman–Crippen LogP) is 2.15. The average Bonchev–Trinajstić information content (AvgIpc) is 2.92. The summed E-state index contributed by atoms with van der Waals surface area (Å²) < 4.78 is 5.55. The Kier molecular flexibility index (Phi) is 6.73. The van der Waals surface area contributed by atoms with Crippen molar-refractivity contribution in [3.8, 4) is 0 Å². The van der Waals surface area contributed by atoms with E-state index in [0.29, 0.717) is 6.42 Å². The van der Waals surface area contributed by atoms with Crippen LogP contribution in [0.1, 0.15) is 38.7 Å². The molecule has 1 aliphatic rings. The van der Waals surface area contributed by atoms with E-state index in [1.165, 1.54) is 5.56 Å². The molecule has 138 valence electrons. The number of hydrogen-bond donors (Lipinski definition) is 1. The first-order valence-corrected chi connectivity index (χ1v) is 8.93. The second-order valence-electron chi connectivity index (χ2n) is 7.70. The molecule has 5 heteroatoms. The molecule has 1 amide bonds. The SMILES string of the molecule is CN(C)CCC1OCC(=O)C1NC(=O)CCC(C)(C)c1ccccc1. The highest BCUT2D eigenvalue weighted by Crippen LogP contribution is 2.28. The monoisotopic (exact) mass is 346 g/mol. The Morgan fingerprint density at radius 1 is 1.28 bits per heavy atom. The fourth-order valence-corrected chi connectivity index (χ4v) is 3.10. The summed E-state index contributed by atoms with van der Waals surface area (Å²) in [5.41, 5.74) is 1.13. The lowest BCUT2D eigenvalue weighted by atomic mass is 9.80. The van der Waals surface area contributed by atoms with Crippen molar-refractivity contribution in [3.63, 3.8) is 0 Å². The summed E-state index contributed by atoms with van der Waals surface area (Å²) >= 11 is 0. The molecule has 1 aliphatic heterocycles. The van der Waals surface area contributed by atoms with E-state index < -0.39 is 6.04 Å². The van der Waals surface area contributed by atoms with E-state index >= 15 is 0 Å². The second kappa shape index (κ2) is 8.59. The average molecular weight is 346 g/mol. The summed E-state index contributed by atoms with van der Waals surface area (Å²) in [6.45, 7) is 5.20. The molecule has 1 fully saturated rings. The van der Waals surface area contributed by atoms with Crippen molar-refractivity contribution in [3.05, 3.63) is 35.9 Å². The molecule has 0 saturated carbocycles. The standard InChI is InChI=1S/C20H30N2O3/c1-20(2,15-8-6-5-7-9-15)12-10-18(24)21-19-16(23)14-25-17(19)11-13-22(3)4/h5-9,17,19H,10-14H2,1-4H3,(H,21,24). The van der Waals surface area contributed by atoms with E-state index in [0.717, 1.165) is 19.4 Å². The molecule has 1 aromatic rings. The maximum atomic E-state index is 12.4. The molecule has 0 spiro atoms. The summed E-state index contributed by atoms with van der Waals surface area (Å²) in [6.07, 6.45) is 1.64. The Bertz CT molecular complexity index is 584. The third kappa shape index (κ3) is 5.65. The molecule has 0 aliphatic carbocycles. The zero-order chi connectivity index (χ0) is 18.4. The lowest BCUT2D eigenvalue weighted by Crippen LogP contribution is -2.45. The molecule has 2 rings (SSSR count). The fourth-order valence-electron chi connectivity index (χ4n) is 3.10. The number of amides is 1. The third-order valence-corrected chi connectivity index (χ3v) is 4.87. The van der Waals surface area contributed by atoms with Gasteiger partial charge in [-0.1, -0.05) is 44.2 Å². The van der Waals surface area contributed by atoms with Crippen LogP contribution >= 0.6 is 0 Å². The van der Waals surface area contributed by atoms with Crippen LogP contribution in [-0.4, -0.2) is 56.0 Å². The first kappa shape index (κ1) is 19.6. The van der Waals surface area contributed by atoms with Gasteiger partial charge in [-0.05, 0) is 37.9 Å². The molecule has 0 radical (unpaired) electrons. The van der Waals surface area contributed by atoms with Crippen LogP contribution in [0.3, 0.4) is 0 Å². The Morgan fingerprint density at radius 2 is 1.96 bits per heavy atom. The largest absolute Gasteiger partial charge is 0.368 e. The van der Waals surface area contributed by atoms with Gasteiger partial charge in [0.25, 0.3) is 0 Å². The number of rotatable bonds is 8. The van der Waals surface area contributed by atoms with E-state index in [1.807, 2.05) is 37.2 Å². The van der Waals surface area contributed by atoms with E-state index in [-0.39, 0.29) is 29.8 Å². The van der Waals surface area contributed by atoms with Crippen LogP contribution in [0.15, 0.2) is 30.3 Å². The van der Waals surface area contributed by atoms with Crippen molar-refractivity contribution in [2.75, 3.05) is 27.2 Å². The number of hydrogen-bond acceptors (Lipinski definition) is 4. The van der Waals surface area contributed by atoms with Gasteiger partial charge < -0.3 is 15.0 Å². The Hall–Kier alpha value is -1.72. The molecule has 2 unspecified atom stereocenters. The van der Waals surface area contributed by atoms with Gasteiger partial charge in [0.1, 0.15) is 12.6 Å². The maximum Gasteiger partial charge on any atom is 0.220 e. The lowest BCUT2D eigenvalue weighted by Gasteiger charge is -2.26. The molecule has 1 N–H and O–H groups in total. The number of nitrogens with zero attached hydrogens (tertiary/aromatic N) is 1. The molecule has 5 nitrogen and oxygen atoms in total. The maximum absolute atomic E-state index is 12.4. The van der Waals surface area contributed by atoms with Crippen molar-refractivity contribution in [2.24, 2.45) is 0 Å². The molecule has 1 saturated heterocycles. The van der Waals surface area contributed by atoms with E-state index in [9.17, 15) is 9.59 Å². The Morgan fingerprint density at radius 3 is 2.60 bits per heavy atom. The van der Waals surface area contributed by atoms with Crippen LogP contribution in [0.25, 0.3) is 0 Å². The minimum absolute atomic E-state index is 0.0283. The van der Waals surface area contributed by atoms with Crippen LogP contribution < -0.4 is 5.32 Å². The smallest absolute Gasteiger partial charge is 0.220 e. The van der Waals surface area contributed by atoms with Crippen molar-refractivity contribution in [1.29, 1.82) is 0 Å². The highest BCUT2D eigenvalue weighted by atomic mass is 16.5. The van der Waals surface area contributed by atoms with Gasteiger partial charge in [0.05, 0.1) is 6.10 Å². The summed E-state index contributed by atoms with van der Waals surface area (Å²) in [7, 11) is 3.96. The van der Waals surface area contributed by atoms with Crippen LogP contribution in [0, 0.1) is 0 Å². The molecule has 2 atom stereocenters. The quantitative estimate of drug-likeness (QED) is 0.784. The van der Waals surface area contributed by atoms with Gasteiger partial charge in [-0.25, -0.2) is 0 Å². The second-order valence-corrected chi connectivity index (χ2v) is 7.70. The first-order valence-electron chi connectivity index (χ1n) is 8.93. The van der Waals surface area contributed by atoms with Gasteiger partial charge in [-0.2, -0.15) is 0 Å². The number of carbonyl (C=O) groups is 2. The number of nitrogens with one attached hydrogen (secondary N) is 1. The zero-order valence-electron chi connectivity index (χ0n) is 15.7. The number of carbonyl (C=O) groups excluding carboxylic acids is 2. The summed E-state index contributed by atoms with van der Waals surface area (Å²) in [4.78, 5) is 26.5. The van der Waals surface area contributed by atoms with Gasteiger partial charge >= 0.3 is 0 Å². The highest BCUT2D eigenvalue weighted by Gasteiger charge is 2.36. The molecule has 1 heterocycles. The highest BCUT2D eigenvalue weighted by molar-refractivity contribution is 5.91. The predicted molar refractivity (Wildman–Crippen MR) is 98.6 cm³/mol. The van der Waals surface area contributed by atoms with Crippen molar-refractivity contribution < 1.29 is 14.3 Å². The van der Waals surface area contributed by atoms with E-state index in [2.05, 4.69) is 31.3 Å². The van der Waals surface area contributed by atoms with Gasteiger partial charge in [-0.3, -0.25) is 9.59 Å². The zero-order valence-corrected chi connectivity index (χ0v) is 15.7. The molecular weight excluding hydrogens is 316 g/mol. The third-order valence-electron chi connectivity index (χ3n) is 4.87. The van der Waals surface area contributed by atoms with E-state index in [4.69, 9.17) is 4.74 Å². The normalized spacial score (nSPS) is 20.9. The molecule has 25 heavy (non-hydrogen) atoms. The van der Waals surface area contributed by atoms with Gasteiger partial charge in [0.2, 0.25) is 5.91 Å². The first-order chi connectivity index (χ1) is 11.8. The van der Waals surface area contributed by atoms with Gasteiger partial charge in [0.15, 0.2) is 5.78 Å². The van der Waals surface area contributed by atoms with Crippen LogP contribution in [0.5, 0.6) is 0 Å². The number of Topliss-reactive ketones (excluding diaryl/α,β-unsaturated/α-hetero) is 1. The number of benzene rings is 1. The van der Waals surface area contributed by atoms with Gasteiger partial charge in [0, 0.05) is 13.0 Å². The minimum atomic E-state index is -0.507. The topological polar surface area (TPSA) is 58.6 Å².